The van der Waals surface area contributed by atoms with Gasteiger partial charge in [0.05, 0.1) is 12.0 Å². The summed E-state index contributed by atoms with van der Waals surface area (Å²) in [4.78, 5) is 14.7. The highest BCUT2D eigenvalue weighted by Crippen LogP contribution is 2.27. The number of amides is 1. The number of aryl methyl sites for hydroxylation is 1. The van der Waals surface area contributed by atoms with Gasteiger partial charge in [0.25, 0.3) is 0 Å². The van der Waals surface area contributed by atoms with E-state index in [1.807, 2.05) is 37.4 Å². The molecule has 1 heterocycles. The summed E-state index contributed by atoms with van der Waals surface area (Å²) in [6, 6.07) is 14.9. The Kier molecular flexibility index (Phi) is 7.92. The number of benzene rings is 2. The number of rotatable bonds is 10. The molecule has 0 aliphatic carbocycles. The van der Waals surface area contributed by atoms with Gasteiger partial charge in [0, 0.05) is 45.3 Å². The molecule has 1 aliphatic heterocycles. The van der Waals surface area contributed by atoms with Crippen LogP contribution in [-0.2, 0) is 21.2 Å². The van der Waals surface area contributed by atoms with Crippen molar-refractivity contribution in [2.45, 2.75) is 30.6 Å². The van der Waals surface area contributed by atoms with Gasteiger partial charge in [-0.1, -0.05) is 18.2 Å². The van der Waals surface area contributed by atoms with E-state index in [2.05, 4.69) is 10.2 Å². The molecule has 0 bridgehead atoms. The fourth-order valence-electron chi connectivity index (χ4n) is 3.70. The maximum Gasteiger partial charge on any atom is 0.243 e. The van der Waals surface area contributed by atoms with Gasteiger partial charge < -0.3 is 15.0 Å². The van der Waals surface area contributed by atoms with E-state index >= 15 is 0 Å². The van der Waals surface area contributed by atoms with Gasteiger partial charge in [0.1, 0.15) is 5.75 Å². The molecule has 3 rings (SSSR count). The van der Waals surface area contributed by atoms with Crippen molar-refractivity contribution in [1.29, 1.82) is 0 Å². The molecular weight excluding hydrogens is 414 g/mol. The minimum absolute atomic E-state index is 0.0729. The SMILES string of the molecule is COc1ccc(S(=O)(=O)N2CCCC2)cc1CCC(=O)NCCN(C)c1ccccc1. The Morgan fingerprint density at radius 2 is 1.84 bits per heavy atom. The molecule has 1 saturated heterocycles. The van der Waals surface area contributed by atoms with Crippen molar-refractivity contribution in [3.05, 3.63) is 54.1 Å². The van der Waals surface area contributed by atoms with E-state index in [0.717, 1.165) is 24.1 Å². The Bertz CT molecular complexity index is 974. The molecule has 168 valence electrons. The van der Waals surface area contributed by atoms with Crippen molar-refractivity contribution in [3.63, 3.8) is 0 Å². The van der Waals surface area contributed by atoms with E-state index in [0.29, 0.717) is 38.3 Å². The van der Waals surface area contributed by atoms with E-state index < -0.39 is 10.0 Å². The first-order valence-electron chi connectivity index (χ1n) is 10.6. The number of para-hydroxylation sites is 1. The Hall–Kier alpha value is -2.58. The molecule has 0 atom stereocenters. The van der Waals surface area contributed by atoms with E-state index in [4.69, 9.17) is 4.74 Å². The first kappa shape index (κ1) is 23.1. The Morgan fingerprint density at radius 3 is 2.52 bits per heavy atom. The van der Waals surface area contributed by atoms with Crippen LogP contribution < -0.4 is 15.0 Å². The molecule has 1 fully saturated rings. The Balaban J connectivity index is 1.55. The topological polar surface area (TPSA) is 79.0 Å². The standard InChI is InChI=1S/C23H31N3O4S/c1-25(20-8-4-3-5-9-20)17-14-24-23(27)13-10-19-18-21(11-12-22(19)30-2)31(28,29)26-15-6-7-16-26/h3-5,8-9,11-12,18H,6-7,10,13-17H2,1-2H3,(H,24,27). The predicted molar refractivity (Wildman–Crippen MR) is 122 cm³/mol. The van der Waals surface area contributed by atoms with E-state index in [-0.39, 0.29) is 17.2 Å². The van der Waals surface area contributed by atoms with Gasteiger partial charge in [-0.25, -0.2) is 8.42 Å². The van der Waals surface area contributed by atoms with Crippen LogP contribution in [-0.4, -0.2) is 59.0 Å². The highest BCUT2D eigenvalue weighted by Gasteiger charge is 2.27. The average molecular weight is 446 g/mol. The van der Waals surface area contributed by atoms with E-state index in [1.54, 1.807) is 25.3 Å². The smallest absolute Gasteiger partial charge is 0.243 e. The summed E-state index contributed by atoms with van der Waals surface area (Å²) >= 11 is 0. The maximum absolute atomic E-state index is 12.8. The number of likely N-dealkylation sites (N-methyl/N-ethyl adjacent to an activating group) is 1. The van der Waals surface area contributed by atoms with Gasteiger partial charge in [-0.05, 0) is 55.2 Å². The van der Waals surface area contributed by atoms with Crippen LogP contribution in [0.3, 0.4) is 0 Å². The zero-order valence-electron chi connectivity index (χ0n) is 18.2. The van der Waals surface area contributed by atoms with Gasteiger partial charge in [0.15, 0.2) is 0 Å². The molecule has 7 nitrogen and oxygen atoms in total. The fourth-order valence-corrected chi connectivity index (χ4v) is 5.27. The molecule has 0 aromatic heterocycles. The van der Waals surface area contributed by atoms with Crippen LogP contribution in [0.2, 0.25) is 0 Å². The normalized spacial score (nSPS) is 14.4. The molecule has 0 spiro atoms. The van der Waals surface area contributed by atoms with Gasteiger partial charge in [-0.2, -0.15) is 4.31 Å². The number of methoxy groups -OCH3 is 1. The fraction of sp³-hybridized carbons (Fsp3) is 0.435. The van der Waals surface area contributed by atoms with Crippen molar-refractivity contribution in [2.24, 2.45) is 0 Å². The summed E-state index contributed by atoms with van der Waals surface area (Å²) in [5.74, 6) is 0.522. The van der Waals surface area contributed by atoms with Crippen LogP contribution in [0.5, 0.6) is 5.75 Å². The molecule has 1 aliphatic rings. The van der Waals surface area contributed by atoms with Crippen molar-refractivity contribution in [1.82, 2.24) is 9.62 Å². The van der Waals surface area contributed by atoms with Crippen LogP contribution in [0.1, 0.15) is 24.8 Å². The number of carbonyl (C=O) groups excluding carboxylic acids is 1. The lowest BCUT2D eigenvalue weighted by atomic mass is 10.1. The van der Waals surface area contributed by atoms with Gasteiger partial charge >= 0.3 is 0 Å². The zero-order chi connectivity index (χ0) is 22.3. The number of hydrogen-bond donors (Lipinski definition) is 1. The molecule has 1 N–H and O–H groups in total. The van der Waals surface area contributed by atoms with Crippen molar-refractivity contribution >= 4 is 21.6 Å². The lowest BCUT2D eigenvalue weighted by molar-refractivity contribution is -0.120. The number of nitrogens with one attached hydrogen (secondary N) is 1. The van der Waals surface area contributed by atoms with Crippen LogP contribution in [0.4, 0.5) is 5.69 Å². The zero-order valence-corrected chi connectivity index (χ0v) is 19.0. The average Bonchev–Trinajstić information content (AvgIpc) is 3.34. The molecule has 0 saturated carbocycles. The minimum atomic E-state index is -3.50. The van der Waals surface area contributed by atoms with E-state index in [9.17, 15) is 13.2 Å². The number of carbonyl (C=O) groups is 1. The number of ether oxygens (including phenoxy) is 1. The van der Waals surface area contributed by atoms with Crippen LogP contribution in [0.25, 0.3) is 0 Å². The van der Waals surface area contributed by atoms with Crippen molar-refractivity contribution in [2.75, 3.05) is 45.2 Å². The largest absolute Gasteiger partial charge is 0.496 e. The van der Waals surface area contributed by atoms with Crippen molar-refractivity contribution in [3.8, 4) is 5.75 Å². The van der Waals surface area contributed by atoms with Crippen LogP contribution in [0.15, 0.2) is 53.4 Å². The molecule has 0 radical (unpaired) electrons. The third kappa shape index (κ3) is 5.98. The monoisotopic (exact) mass is 445 g/mol. The highest BCUT2D eigenvalue weighted by atomic mass is 32.2. The second-order valence-electron chi connectivity index (χ2n) is 7.69. The third-order valence-corrected chi connectivity index (χ3v) is 7.44. The summed E-state index contributed by atoms with van der Waals surface area (Å²) < 4.78 is 32.6. The molecule has 31 heavy (non-hydrogen) atoms. The summed E-state index contributed by atoms with van der Waals surface area (Å²) in [5, 5.41) is 2.93. The van der Waals surface area contributed by atoms with Crippen LogP contribution in [0, 0.1) is 0 Å². The van der Waals surface area contributed by atoms with Crippen LogP contribution >= 0.6 is 0 Å². The summed E-state index contributed by atoms with van der Waals surface area (Å²) in [6.07, 6.45) is 2.45. The summed E-state index contributed by atoms with van der Waals surface area (Å²) in [5.41, 5.74) is 1.82. The van der Waals surface area contributed by atoms with Gasteiger partial charge in [-0.3, -0.25) is 4.79 Å². The number of nitrogens with zero attached hydrogens (tertiary/aromatic N) is 2. The van der Waals surface area contributed by atoms with Gasteiger partial charge in [0.2, 0.25) is 15.9 Å². The second kappa shape index (κ2) is 10.6. The number of sulfonamides is 1. The first-order chi connectivity index (χ1) is 14.9. The molecule has 8 heteroatoms. The third-order valence-electron chi connectivity index (χ3n) is 5.54. The number of hydrogen-bond acceptors (Lipinski definition) is 5. The first-order valence-corrected chi connectivity index (χ1v) is 12.1. The molecule has 2 aromatic carbocycles. The Morgan fingerprint density at radius 1 is 1.13 bits per heavy atom. The van der Waals surface area contributed by atoms with E-state index in [1.165, 1.54) is 4.31 Å². The Labute approximate surface area is 185 Å². The molecule has 0 unspecified atom stereocenters. The lowest BCUT2D eigenvalue weighted by Gasteiger charge is -2.19. The summed E-state index contributed by atoms with van der Waals surface area (Å²) in [7, 11) is 0.0302. The summed E-state index contributed by atoms with van der Waals surface area (Å²) in [6.45, 7) is 2.35. The van der Waals surface area contributed by atoms with Gasteiger partial charge in [-0.15, -0.1) is 0 Å². The lowest BCUT2D eigenvalue weighted by Crippen LogP contribution is -2.33. The molecule has 1 amide bonds. The maximum atomic E-state index is 12.8. The molecular formula is C23H31N3O4S. The highest BCUT2D eigenvalue weighted by molar-refractivity contribution is 7.89. The quantitative estimate of drug-likeness (QED) is 0.608. The molecule has 2 aromatic rings. The minimum Gasteiger partial charge on any atom is -0.496 e. The predicted octanol–water partition coefficient (Wildman–Crippen LogP) is 2.66. The number of anilines is 1. The van der Waals surface area contributed by atoms with Crippen molar-refractivity contribution < 1.29 is 17.9 Å². The second-order valence-corrected chi connectivity index (χ2v) is 9.63.